The molecule has 1 saturated carbocycles. The van der Waals surface area contributed by atoms with Crippen LogP contribution in [0.3, 0.4) is 0 Å². The van der Waals surface area contributed by atoms with Gasteiger partial charge in [-0.1, -0.05) is 0 Å². The van der Waals surface area contributed by atoms with Gasteiger partial charge in [0.2, 0.25) is 0 Å². The van der Waals surface area contributed by atoms with Gasteiger partial charge in [0, 0.05) is 12.0 Å². The van der Waals surface area contributed by atoms with Gasteiger partial charge in [0.25, 0.3) is 0 Å². The molecule has 3 rings (SSSR count). The van der Waals surface area contributed by atoms with Gasteiger partial charge < -0.3 is 20.7 Å². The van der Waals surface area contributed by atoms with Crippen molar-refractivity contribution in [3.63, 3.8) is 0 Å². The number of carbonyl (C=O) groups excluding carboxylic acids is 1. The zero-order valence-electron chi connectivity index (χ0n) is 12.6. The lowest BCUT2D eigenvalue weighted by atomic mass is 10.1. The van der Waals surface area contributed by atoms with Gasteiger partial charge in [0.1, 0.15) is 5.00 Å². The number of Topliss-reactive ketones (excluding diaryl/α,β-unsaturated/α-hetero) is 1. The molecule has 6 heteroatoms. The van der Waals surface area contributed by atoms with Crippen LogP contribution in [-0.2, 0) is 0 Å². The third-order valence-corrected chi connectivity index (χ3v) is 5.46. The number of methoxy groups -OCH3 is 1. The van der Waals surface area contributed by atoms with Crippen molar-refractivity contribution in [1.82, 2.24) is 4.90 Å². The number of ether oxygens (including phenoxy) is 1. The van der Waals surface area contributed by atoms with Gasteiger partial charge in [0.15, 0.2) is 11.5 Å². The second-order valence-corrected chi connectivity index (χ2v) is 7.09. The van der Waals surface area contributed by atoms with Crippen LogP contribution in [0.4, 0.5) is 10.7 Å². The molecule has 1 aliphatic carbocycles. The lowest BCUT2D eigenvalue weighted by Gasteiger charge is -2.29. The Balaban J connectivity index is 1.77. The number of nitrogen functional groups attached to an aromatic ring is 1. The lowest BCUT2D eigenvalue weighted by Crippen LogP contribution is -2.36. The van der Waals surface area contributed by atoms with Crippen LogP contribution in [0, 0.1) is 5.92 Å². The number of piperidine rings is 1. The van der Waals surface area contributed by atoms with E-state index in [1.165, 1.54) is 11.3 Å². The molecular formula is C15H23N3O2S. The monoisotopic (exact) mass is 309 g/mol. The fourth-order valence-corrected chi connectivity index (χ4v) is 3.96. The molecule has 2 aliphatic rings. The second-order valence-electron chi connectivity index (χ2n) is 6.07. The highest BCUT2D eigenvalue weighted by atomic mass is 32.1. The Morgan fingerprint density at radius 1 is 1.33 bits per heavy atom. The van der Waals surface area contributed by atoms with Crippen LogP contribution in [0.1, 0.15) is 35.4 Å². The molecule has 2 fully saturated rings. The number of nitrogens with two attached hydrogens (primary N) is 1. The summed E-state index contributed by atoms with van der Waals surface area (Å²) < 4.78 is 5.43. The van der Waals surface area contributed by atoms with Crippen molar-refractivity contribution < 1.29 is 9.53 Å². The molecular weight excluding hydrogens is 286 g/mol. The molecule has 0 unspecified atom stereocenters. The Morgan fingerprint density at radius 3 is 2.57 bits per heavy atom. The molecule has 1 aromatic heterocycles. The molecule has 0 bridgehead atoms. The smallest absolute Gasteiger partial charge is 0.178 e. The van der Waals surface area contributed by atoms with Crippen molar-refractivity contribution in [2.75, 3.05) is 38.3 Å². The highest BCUT2D eigenvalue weighted by Gasteiger charge is 2.34. The van der Waals surface area contributed by atoms with Crippen LogP contribution in [0.2, 0.25) is 0 Å². The molecule has 1 aromatic rings. The first-order chi connectivity index (χ1) is 10.1. The fourth-order valence-electron chi connectivity index (χ4n) is 2.78. The molecule has 0 atom stereocenters. The van der Waals surface area contributed by atoms with E-state index in [1.54, 1.807) is 7.11 Å². The molecule has 2 heterocycles. The van der Waals surface area contributed by atoms with Gasteiger partial charge in [-0.2, -0.15) is 0 Å². The van der Waals surface area contributed by atoms with Crippen LogP contribution < -0.4 is 15.8 Å². The maximum atomic E-state index is 12.3. The van der Waals surface area contributed by atoms with E-state index in [0.29, 0.717) is 22.4 Å². The Bertz CT molecular complexity index is 531. The van der Waals surface area contributed by atoms with Gasteiger partial charge in [-0.3, -0.25) is 4.79 Å². The summed E-state index contributed by atoms with van der Waals surface area (Å²) in [6.07, 6.45) is 4.19. The van der Waals surface area contributed by atoms with Crippen LogP contribution in [0.5, 0.6) is 5.75 Å². The summed E-state index contributed by atoms with van der Waals surface area (Å²) in [6, 6.07) is 0.428. The number of nitrogens with zero attached hydrogens (tertiary/aromatic N) is 1. The Labute approximate surface area is 129 Å². The number of likely N-dealkylation sites (tertiary alicyclic amines) is 1. The number of rotatable bonds is 5. The first kappa shape index (κ1) is 14.7. The van der Waals surface area contributed by atoms with Crippen molar-refractivity contribution in [2.24, 2.45) is 5.92 Å². The average molecular weight is 309 g/mol. The van der Waals surface area contributed by atoms with E-state index in [4.69, 9.17) is 10.5 Å². The van der Waals surface area contributed by atoms with Gasteiger partial charge in [-0.05, 0) is 45.8 Å². The largest absolute Gasteiger partial charge is 0.492 e. The van der Waals surface area contributed by atoms with E-state index in [2.05, 4.69) is 17.3 Å². The number of nitrogens with one attached hydrogen (secondary N) is 1. The van der Waals surface area contributed by atoms with Crippen LogP contribution in [-0.4, -0.2) is 44.0 Å². The minimum atomic E-state index is 0.187. The molecule has 1 aliphatic heterocycles. The van der Waals surface area contributed by atoms with Crippen molar-refractivity contribution in [3.05, 3.63) is 4.88 Å². The van der Waals surface area contributed by atoms with E-state index in [1.807, 2.05) is 0 Å². The third kappa shape index (κ3) is 3.01. The Morgan fingerprint density at radius 2 is 2.00 bits per heavy atom. The minimum absolute atomic E-state index is 0.187. The van der Waals surface area contributed by atoms with Crippen molar-refractivity contribution in [3.8, 4) is 5.75 Å². The fraction of sp³-hybridized carbons (Fsp3) is 0.667. The van der Waals surface area contributed by atoms with E-state index in [-0.39, 0.29) is 11.7 Å². The standard InChI is InChI=1S/C15H23N3O2S/c1-18-7-5-10(6-8-18)17-15-13(20-2)11(16)14(21-15)12(19)9-3-4-9/h9-10,17H,3-8,16H2,1-2H3. The van der Waals surface area contributed by atoms with Crippen LogP contribution in [0.25, 0.3) is 0 Å². The summed E-state index contributed by atoms with van der Waals surface area (Å²) >= 11 is 1.46. The van der Waals surface area contributed by atoms with Crippen LogP contribution in [0.15, 0.2) is 0 Å². The number of carbonyl (C=O) groups is 1. The number of hydrogen-bond acceptors (Lipinski definition) is 6. The van der Waals surface area contributed by atoms with Gasteiger partial charge in [-0.15, -0.1) is 11.3 Å². The van der Waals surface area contributed by atoms with Crippen LogP contribution >= 0.6 is 11.3 Å². The second kappa shape index (κ2) is 5.85. The summed E-state index contributed by atoms with van der Waals surface area (Å²) in [6.45, 7) is 2.18. The zero-order valence-corrected chi connectivity index (χ0v) is 13.5. The number of anilines is 2. The quantitative estimate of drug-likeness (QED) is 0.818. The van der Waals surface area contributed by atoms with Crippen molar-refractivity contribution in [2.45, 2.75) is 31.7 Å². The first-order valence-corrected chi connectivity index (χ1v) is 8.37. The van der Waals surface area contributed by atoms with E-state index in [9.17, 15) is 4.79 Å². The molecule has 1 saturated heterocycles. The number of hydrogen-bond donors (Lipinski definition) is 2. The summed E-state index contributed by atoms with van der Waals surface area (Å²) in [5.74, 6) is 1.02. The van der Waals surface area contributed by atoms with Gasteiger partial charge in [0.05, 0.1) is 17.7 Å². The third-order valence-electron chi connectivity index (χ3n) is 4.33. The lowest BCUT2D eigenvalue weighted by molar-refractivity contribution is 0.0972. The molecule has 0 spiro atoms. The molecule has 116 valence electrons. The topological polar surface area (TPSA) is 67.6 Å². The average Bonchev–Trinajstić information content (AvgIpc) is 3.27. The predicted octanol–water partition coefficient (Wildman–Crippen LogP) is 2.44. The SMILES string of the molecule is COc1c(NC2CCN(C)CC2)sc(C(=O)C2CC2)c1N. The van der Waals surface area contributed by atoms with E-state index < -0.39 is 0 Å². The predicted molar refractivity (Wildman–Crippen MR) is 86.5 cm³/mol. The molecule has 0 radical (unpaired) electrons. The van der Waals surface area contributed by atoms with E-state index >= 15 is 0 Å². The van der Waals surface area contributed by atoms with Gasteiger partial charge >= 0.3 is 0 Å². The number of thiophene rings is 1. The maximum absolute atomic E-state index is 12.3. The molecule has 3 N–H and O–H groups in total. The normalized spacial score (nSPS) is 20.5. The van der Waals surface area contributed by atoms with Crippen molar-refractivity contribution >= 4 is 27.8 Å². The maximum Gasteiger partial charge on any atom is 0.178 e. The Hall–Kier alpha value is -1.27. The zero-order chi connectivity index (χ0) is 15.0. The molecule has 21 heavy (non-hydrogen) atoms. The Kier molecular flexibility index (Phi) is 4.08. The minimum Gasteiger partial charge on any atom is -0.492 e. The summed E-state index contributed by atoms with van der Waals surface area (Å²) in [7, 11) is 3.76. The molecule has 0 aromatic carbocycles. The molecule has 5 nitrogen and oxygen atoms in total. The highest BCUT2D eigenvalue weighted by molar-refractivity contribution is 7.19. The van der Waals surface area contributed by atoms with Gasteiger partial charge in [-0.25, -0.2) is 0 Å². The summed E-state index contributed by atoms with van der Waals surface area (Å²) in [4.78, 5) is 15.3. The molecule has 0 amide bonds. The highest BCUT2D eigenvalue weighted by Crippen LogP contribution is 2.46. The van der Waals surface area contributed by atoms with E-state index in [0.717, 1.165) is 43.8 Å². The summed E-state index contributed by atoms with van der Waals surface area (Å²) in [5, 5.41) is 4.44. The first-order valence-electron chi connectivity index (χ1n) is 7.55. The summed E-state index contributed by atoms with van der Waals surface area (Å²) in [5.41, 5.74) is 6.63. The van der Waals surface area contributed by atoms with Crippen molar-refractivity contribution in [1.29, 1.82) is 0 Å². The number of ketones is 1.